The summed E-state index contributed by atoms with van der Waals surface area (Å²) in [6.45, 7) is -0.719. The number of anilines is 2. The van der Waals surface area contributed by atoms with Gasteiger partial charge in [-0.3, -0.25) is 23.0 Å². The maximum absolute atomic E-state index is 12.9. The zero-order valence-electron chi connectivity index (χ0n) is 18.6. The first-order chi connectivity index (χ1) is 16.0. The molecule has 0 aliphatic heterocycles. The molecule has 178 valence electrons. The molecule has 3 rings (SSSR count). The van der Waals surface area contributed by atoms with Crippen LogP contribution in [0.1, 0.15) is 10.4 Å². The van der Waals surface area contributed by atoms with E-state index in [9.17, 15) is 27.6 Å². The van der Waals surface area contributed by atoms with Crippen LogP contribution in [0.25, 0.3) is 0 Å². The van der Waals surface area contributed by atoms with Crippen LogP contribution in [0, 0.1) is 0 Å². The highest BCUT2D eigenvalue weighted by atomic mass is 32.2. The van der Waals surface area contributed by atoms with E-state index in [4.69, 9.17) is 4.74 Å². The van der Waals surface area contributed by atoms with Gasteiger partial charge in [0.25, 0.3) is 21.5 Å². The van der Waals surface area contributed by atoms with Gasteiger partial charge in [0, 0.05) is 27.2 Å². The summed E-state index contributed by atoms with van der Waals surface area (Å²) in [6.07, 6.45) is 0. The molecule has 1 heterocycles. The molecule has 0 saturated carbocycles. The van der Waals surface area contributed by atoms with Gasteiger partial charge in [0.2, 0.25) is 0 Å². The van der Waals surface area contributed by atoms with Crippen molar-refractivity contribution in [1.82, 2.24) is 9.13 Å². The van der Waals surface area contributed by atoms with Crippen LogP contribution in [-0.2, 0) is 33.7 Å². The van der Waals surface area contributed by atoms with Crippen LogP contribution in [0.15, 0.2) is 75.1 Å². The number of sulfonamides is 1. The molecule has 0 atom stereocenters. The van der Waals surface area contributed by atoms with E-state index in [-0.39, 0.29) is 16.3 Å². The molecule has 2 aromatic carbocycles. The van der Waals surface area contributed by atoms with Crippen molar-refractivity contribution in [3.05, 3.63) is 87.1 Å². The molecule has 0 bridgehead atoms. The topological polar surface area (TPSA) is 137 Å². The lowest BCUT2D eigenvalue weighted by Gasteiger charge is -2.19. The number of hydrogen-bond donors (Lipinski definition) is 1. The van der Waals surface area contributed by atoms with Crippen LogP contribution in [0.3, 0.4) is 0 Å². The standard InChI is InChI=1S/C22H22N4O7S/c1-24-18(13-20(28)25(2)22(24)30)23-19(27)14-33-21(29)15-8-7-11-17(12-15)34(31,32)26(3)16-9-5-4-6-10-16/h4-13H,14H2,1-3H3,(H,23,27). The molecule has 0 unspecified atom stereocenters. The molecule has 3 aromatic rings. The Morgan fingerprint density at radius 1 is 0.971 bits per heavy atom. The smallest absolute Gasteiger partial charge is 0.338 e. The molecule has 34 heavy (non-hydrogen) atoms. The maximum atomic E-state index is 12.9. The summed E-state index contributed by atoms with van der Waals surface area (Å²) in [6, 6.07) is 14.7. The molecule has 12 heteroatoms. The highest BCUT2D eigenvalue weighted by Crippen LogP contribution is 2.22. The molecule has 0 aliphatic rings. The fraction of sp³-hybridized carbons (Fsp3) is 0.182. The summed E-state index contributed by atoms with van der Waals surface area (Å²) < 4.78 is 33.9. The summed E-state index contributed by atoms with van der Waals surface area (Å²) in [5.41, 5.74) is -0.888. The number of ether oxygens (including phenoxy) is 1. The van der Waals surface area contributed by atoms with Crippen LogP contribution < -0.4 is 20.9 Å². The number of carbonyl (C=O) groups is 2. The SMILES string of the molecule is CN(c1ccccc1)S(=O)(=O)c1cccc(C(=O)OCC(=O)Nc2cc(=O)n(C)c(=O)n2C)c1. The first-order valence-electron chi connectivity index (χ1n) is 9.90. The van der Waals surface area contributed by atoms with Gasteiger partial charge in [-0.1, -0.05) is 24.3 Å². The Kier molecular flexibility index (Phi) is 7.01. The number of esters is 1. The quantitative estimate of drug-likeness (QED) is 0.486. The highest BCUT2D eigenvalue weighted by molar-refractivity contribution is 7.92. The van der Waals surface area contributed by atoms with Gasteiger partial charge in [0.05, 0.1) is 16.1 Å². The van der Waals surface area contributed by atoms with Crippen molar-refractivity contribution in [2.75, 3.05) is 23.3 Å². The number of hydrogen-bond acceptors (Lipinski definition) is 7. The number of aromatic nitrogens is 2. The van der Waals surface area contributed by atoms with Crippen molar-refractivity contribution >= 4 is 33.4 Å². The van der Waals surface area contributed by atoms with Gasteiger partial charge < -0.3 is 10.1 Å². The highest BCUT2D eigenvalue weighted by Gasteiger charge is 2.23. The predicted molar refractivity (Wildman–Crippen MR) is 124 cm³/mol. The summed E-state index contributed by atoms with van der Waals surface area (Å²) in [5.74, 6) is -1.78. The Labute approximate surface area is 194 Å². The lowest BCUT2D eigenvalue weighted by molar-refractivity contribution is -0.119. The summed E-state index contributed by atoms with van der Waals surface area (Å²) in [7, 11) is 0.0974. The van der Waals surface area contributed by atoms with E-state index in [2.05, 4.69) is 5.32 Å². The van der Waals surface area contributed by atoms with Gasteiger partial charge in [-0.25, -0.2) is 18.0 Å². The lowest BCUT2D eigenvalue weighted by atomic mass is 10.2. The largest absolute Gasteiger partial charge is 0.452 e. The van der Waals surface area contributed by atoms with Crippen molar-refractivity contribution in [3.8, 4) is 0 Å². The number of para-hydroxylation sites is 1. The van der Waals surface area contributed by atoms with Crippen molar-refractivity contribution in [2.45, 2.75) is 4.90 Å². The Balaban J connectivity index is 1.71. The van der Waals surface area contributed by atoms with E-state index >= 15 is 0 Å². The second-order valence-electron chi connectivity index (χ2n) is 7.23. The van der Waals surface area contributed by atoms with Crippen LogP contribution in [0.2, 0.25) is 0 Å². The van der Waals surface area contributed by atoms with E-state index in [1.807, 2.05) is 0 Å². The number of rotatable bonds is 7. The Bertz CT molecular complexity index is 1460. The number of amides is 1. The lowest BCUT2D eigenvalue weighted by Crippen LogP contribution is -2.38. The fourth-order valence-electron chi connectivity index (χ4n) is 2.96. The number of carbonyl (C=O) groups excluding carboxylic acids is 2. The Hall–Kier alpha value is -4.19. The molecule has 0 spiro atoms. The van der Waals surface area contributed by atoms with E-state index < -0.39 is 39.8 Å². The predicted octanol–water partition coefficient (Wildman–Crippen LogP) is 0.705. The molecule has 11 nitrogen and oxygen atoms in total. The van der Waals surface area contributed by atoms with Gasteiger partial charge in [-0.15, -0.1) is 0 Å². The summed E-state index contributed by atoms with van der Waals surface area (Å²) in [4.78, 5) is 48.1. The van der Waals surface area contributed by atoms with Gasteiger partial charge >= 0.3 is 11.7 Å². The van der Waals surface area contributed by atoms with Crippen molar-refractivity contribution < 1.29 is 22.7 Å². The second kappa shape index (κ2) is 9.75. The van der Waals surface area contributed by atoms with Crippen molar-refractivity contribution in [3.63, 3.8) is 0 Å². The molecular formula is C22H22N4O7S. The normalized spacial score (nSPS) is 11.0. The molecule has 0 saturated heterocycles. The first kappa shape index (κ1) is 24.5. The van der Waals surface area contributed by atoms with E-state index in [0.717, 1.165) is 25.6 Å². The third-order valence-electron chi connectivity index (χ3n) is 4.98. The summed E-state index contributed by atoms with van der Waals surface area (Å²) in [5, 5.41) is 2.33. The second-order valence-corrected chi connectivity index (χ2v) is 9.20. The Morgan fingerprint density at radius 3 is 2.32 bits per heavy atom. The van der Waals surface area contributed by atoms with Gasteiger partial charge in [0.1, 0.15) is 5.82 Å². The zero-order valence-corrected chi connectivity index (χ0v) is 19.4. The Morgan fingerprint density at radius 2 is 1.65 bits per heavy atom. The minimum atomic E-state index is -3.95. The molecule has 0 fully saturated rings. The van der Waals surface area contributed by atoms with Crippen molar-refractivity contribution in [2.24, 2.45) is 14.1 Å². The van der Waals surface area contributed by atoms with Gasteiger partial charge in [-0.05, 0) is 30.3 Å². The minimum absolute atomic E-state index is 0.0637. The van der Waals surface area contributed by atoms with Crippen LogP contribution in [-0.4, -0.2) is 43.1 Å². The van der Waals surface area contributed by atoms with E-state index in [1.54, 1.807) is 30.3 Å². The number of nitrogens with zero attached hydrogens (tertiary/aromatic N) is 3. The average Bonchev–Trinajstić information content (AvgIpc) is 2.84. The zero-order chi connectivity index (χ0) is 25.0. The average molecular weight is 487 g/mol. The molecule has 0 radical (unpaired) electrons. The van der Waals surface area contributed by atoms with Gasteiger partial charge in [-0.2, -0.15) is 0 Å². The maximum Gasteiger partial charge on any atom is 0.338 e. The molecule has 1 N–H and O–H groups in total. The molecular weight excluding hydrogens is 464 g/mol. The number of nitrogens with one attached hydrogen (secondary N) is 1. The molecule has 1 aromatic heterocycles. The van der Waals surface area contributed by atoms with Crippen LogP contribution in [0.5, 0.6) is 0 Å². The van der Waals surface area contributed by atoms with Crippen LogP contribution >= 0.6 is 0 Å². The van der Waals surface area contributed by atoms with E-state index in [0.29, 0.717) is 5.69 Å². The summed E-state index contributed by atoms with van der Waals surface area (Å²) >= 11 is 0. The van der Waals surface area contributed by atoms with E-state index in [1.165, 1.54) is 39.3 Å². The monoisotopic (exact) mass is 486 g/mol. The first-order valence-corrected chi connectivity index (χ1v) is 11.3. The van der Waals surface area contributed by atoms with Crippen LogP contribution in [0.4, 0.5) is 11.5 Å². The third-order valence-corrected chi connectivity index (χ3v) is 6.76. The third kappa shape index (κ3) is 5.07. The minimum Gasteiger partial charge on any atom is -0.452 e. The molecule has 1 amide bonds. The number of benzene rings is 2. The molecule has 0 aliphatic carbocycles. The van der Waals surface area contributed by atoms with Crippen molar-refractivity contribution in [1.29, 1.82) is 0 Å². The van der Waals surface area contributed by atoms with Gasteiger partial charge in [0.15, 0.2) is 6.61 Å². The fourth-order valence-corrected chi connectivity index (χ4v) is 4.21.